The molecule has 120 valence electrons. The largest absolute Gasteiger partial charge is 0.426 e. The Kier molecular flexibility index (Phi) is 4.87. The zero-order chi connectivity index (χ0) is 16.7. The van der Waals surface area contributed by atoms with E-state index in [0.29, 0.717) is 5.41 Å². The van der Waals surface area contributed by atoms with Crippen molar-refractivity contribution in [1.29, 1.82) is 0 Å². The van der Waals surface area contributed by atoms with Gasteiger partial charge >= 0.3 is 0 Å². The number of rotatable bonds is 2. The molecule has 0 radical (unpaired) electrons. The lowest BCUT2D eigenvalue weighted by molar-refractivity contribution is 0.411. The van der Waals surface area contributed by atoms with Crippen molar-refractivity contribution in [2.75, 3.05) is 0 Å². The van der Waals surface area contributed by atoms with Gasteiger partial charge in [-0.3, -0.25) is 0 Å². The molecule has 1 aromatic rings. The highest BCUT2D eigenvalue weighted by atomic mass is 28.4. The maximum absolute atomic E-state index is 11.6. The second-order valence-corrected chi connectivity index (χ2v) is 14.6. The zero-order valence-electron chi connectivity index (χ0n) is 15.5. The summed E-state index contributed by atoms with van der Waals surface area (Å²) in [6.45, 7) is 19.8. The third-order valence-corrected chi connectivity index (χ3v) is 9.79. The number of hydrogen-bond donors (Lipinski definition) is 1. The quantitative estimate of drug-likeness (QED) is 0.761. The average Bonchev–Trinajstić information content (AvgIpc) is 2.23. The third kappa shape index (κ3) is 3.98. The highest BCUT2D eigenvalue weighted by molar-refractivity contribution is 6.90. The summed E-state index contributed by atoms with van der Waals surface area (Å²) >= 11 is 0. The van der Waals surface area contributed by atoms with Crippen LogP contribution < -0.4 is 5.19 Å². The second kappa shape index (κ2) is 5.55. The third-order valence-electron chi connectivity index (χ3n) is 4.28. The molecule has 0 aliphatic carbocycles. The molecule has 21 heavy (non-hydrogen) atoms. The van der Waals surface area contributed by atoms with Crippen LogP contribution in [0.15, 0.2) is 24.3 Å². The summed E-state index contributed by atoms with van der Waals surface area (Å²) in [5.74, 6) is 0. The van der Waals surface area contributed by atoms with E-state index in [-0.39, 0.29) is 10.1 Å². The molecule has 0 saturated carbocycles. The van der Waals surface area contributed by atoms with Crippen LogP contribution >= 0.6 is 0 Å². The molecule has 0 amide bonds. The molecule has 0 heterocycles. The highest BCUT2D eigenvalue weighted by Gasteiger charge is 2.53. The first kappa shape index (κ1) is 18.4. The van der Waals surface area contributed by atoms with Crippen molar-refractivity contribution in [2.24, 2.45) is 5.41 Å². The molecule has 0 aliphatic rings. The maximum atomic E-state index is 11.6. The molecule has 1 rings (SSSR count). The number of benzene rings is 1. The number of hydrogen-bond acceptors (Lipinski definition) is 1. The molecule has 1 aromatic carbocycles. The summed E-state index contributed by atoms with van der Waals surface area (Å²) in [5.41, 5.74) is 1.65. The lowest BCUT2D eigenvalue weighted by atomic mass is 9.88. The molecule has 0 saturated heterocycles. The lowest BCUT2D eigenvalue weighted by Crippen LogP contribution is -2.61. The molecule has 0 unspecified atom stereocenters. The van der Waals surface area contributed by atoms with Gasteiger partial charge in [-0.05, 0) is 32.7 Å². The van der Waals surface area contributed by atoms with Gasteiger partial charge in [0.25, 0.3) is 0 Å². The predicted molar refractivity (Wildman–Crippen MR) is 96.6 cm³/mol. The fraction of sp³-hybridized carbons (Fsp3) is 0.684. The average molecular weight is 307 g/mol. The first-order valence-electron chi connectivity index (χ1n) is 8.00. The summed E-state index contributed by atoms with van der Waals surface area (Å²) in [5, 5.41) is 0.980. The Hall–Kier alpha value is -0.603. The van der Waals surface area contributed by atoms with E-state index < -0.39 is 8.32 Å². The molecule has 0 atom stereocenters. The van der Waals surface area contributed by atoms with Gasteiger partial charge in [0, 0.05) is 0 Å². The standard InChI is InChI=1S/C19H34OSi/c1-17(2,3)14-15-10-12-16(13-11-15)21(20,18(4,5)6)19(7,8)9/h10-13,20H,14H2,1-9H3. The molecule has 0 fully saturated rings. The minimum atomic E-state index is -2.61. The first-order valence-corrected chi connectivity index (χ1v) is 9.95. The van der Waals surface area contributed by atoms with Crippen LogP contribution in [0.2, 0.25) is 10.1 Å². The van der Waals surface area contributed by atoms with E-state index in [4.69, 9.17) is 0 Å². The SMILES string of the molecule is CC(C)(C)Cc1ccc([Si](O)(C(C)(C)C)C(C)(C)C)cc1. The monoisotopic (exact) mass is 306 g/mol. The van der Waals surface area contributed by atoms with E-state index in [1.165, 1.54) is 5.56 Å². The Morgan fingerprint density at radius 1 is 0.762 bits per heavy atom. The Labute approximate surface area is 132 Å². The van der Waals surface area contributed by atoms with Gasteiger partial charge in [-0.2, -0.15) is 0 Å². The van der Waals surface area contributed by atoms with Crippen LogP contribution in [0, 0.1) is 5.41 Å². The van der Waals surface area contributed by atoms with E-state index in [0.717, 1.165) is 11.6 Å². The van der Waals surface area contributed by atoms with E-state index in [1.54, 1.807) is 0 Å². The van der Waals surface area contributed by atoms with Crippen LogP contribution in [0.5, 0.6) is 0 Å². The van der Waals surface area contributed by atoms with Crippen LogP contribution in [0.1, 0.15) is 67.9 Å². The van der Waals surface area contributed by atoms with E-state index in [1.807, 2.05) is 0 Å². The second-order valence-electron chi connectivity index (χ2n) is 9.64. The molecule has 1 N–H and O–H groups in total. The summed E-state index contributed by atoms with van der Waals surface area (Å²) in [6, 6.07) is 8.75. The van der Waals surface area contributed by atoms with Gasteiger partial charge in [0.05, 0.1) is 0 Å². The maximum Gasteiger partial charge on any atom is 0.230 e. The fourth-order valence-electron chi connectivity index (χ4n) is 3.47. The van der Waals surface area contributed by atoms with Gasteiger partial charge in [0.15, 0.2) is 0 Å². The summed E-state index contributed by atoms with van der Waals surface area (Å²) in [7, 11) is -2.61. The van der Waals surface area contributed by atoms with Gasteiger partial charge in [0.2, 0.25) is 8.32 Å². The Balaban J connectivity index is 3.24. The van der Waals surface area contributed by atoms with Crippen molar-refractivity contribution in [3.8, 4) is 0 Å². The summed E-state index contributed by atoms with van der Waals surface area (Å²) < 4.78 is 0. The Bertz CT molecular complexity index is 452. The normalized spacial score (nSPS) is 14.4. The van der Waals surface area contributed by atoms with Gasteiger partial charge < -0.3 is 4.80 Å². The van der Waals surface area contributed by atoms with Crippen molar-refractivity contribution in [3.63, 3.8) is 0 Å². The smallest absolute Gasteiger partial charge is 0.230 e. The minimum absolute atomic E-state index is 0.0865. The molecule has 0 aliphatic heterocycles. The summed E-state index contributed by atoms with van der Waals surface area (Å²) in [4.78, 5) is 11.6. The Morgan fingerprint density at radius 2 is 1.14 bits per heavy atom. The lowest BCUT2D eigenvalue weighted by Gasteiger charge is -2.47. The van der Waals surface area contributed by atoms with Crippen molar-refractivity contribution < 1.29 is 4.80 Å². The van der Waals surface area contributed by atoms with E-state index >= 15 is 0 Å². The molecule has 1 nitrogen and oxygen atoms in total. The predicted octanol–water partition coefficient (Wildman–Crippen LogP) is 5.02. The van der Waals surface area contributed by atoms with Gasteiger partial charge in [-0.25, -0.2) is 0 Å². The van der Waals surface area contributed by atoms with Crippen LogP contribution in [-0.4, -0.2) is 13.1 Å². The zero-order valence-corrected chi connectivity index (χ0v) is 16.5. The van der Waals surface area contributed by atoms with Crippen LogP contribution in [0.25, 0.3) is 0 Å². The molecule has 2 heteroatoms. The molecule has 0 aromatic heterocycles. The molecular formula is C19H34OSi. The van der Waals surface area contributed by atoms with Crippen molar-refractivity contribution in [3.05, 3.63) is 29.8 Å². The van der Waals surface area contributed by atoms with E-state index in [9.17, 15) is 4.80 Å². The Morgan fingerprint density at radius 3 is 1.43 bits per heavy atom. The minimum Gasteiger partial charge on any atom is -0.426 e. The van der Waals surface area contributed by atoms with Crippen LogP contribution in [0.3, 0.4) is 0 Å². The van der Waals surface area contributed by atoms with Gasteiger partial charge in [0.1, 0.15) is 0 Å². The molecule has 0 spiro atoms. The highest BCUT2D eigenvalue weighted by Crippen LogP contribution is 2.48. The van der Waals surface area contributed by atoms with Crippen molar-refractivity contribution in [2.45, 2.75) is 78.8 Å². The van der Waals surface area contributed by atoms with E-state index in [2.05, 4.69) is 86.6 Å². The fourth-order valence-corrected chi connectivity index (χ4v) is 8.10. The topological polar surface area (TPSA) is 20.2 Å². The van der Waals surface area contributed by atoms with Crippen molar-refractivity contribution >= 4 is 13.5 Å². The first-order chi connectivity index (χ1) is 9.18. The molecular weight excluding hydrogens is 272 g/mol. The van der Waals surface area contributed by atoms with Crippen LogP contribution in [-0.2, 0) is 6.42 Å². The molecule has 0 bridgehead atoms. The summed E-state index contributed by atoms with van der Waals surface area (Å²) in [6.07, 6.45) is 1.07. The van der Waals surface area contributed by atoms with Crippen LogP contribution in [0.4, 0.5) is 0 Å². The van der Waals surface area contributed by atoms with Crippen molar-refractivity contribution in [1.82, 2.24) is 0 Å². The van der Waals surface area contributed by atoms with Gasteiger partial charge in [-0.1, -0.05) is 86.6 Å². The van der Waals surface area contributed by atoms with Gasteiger partial charge in [-0.15, -0.1) is 0 Å².